The molecule has 15 heavy (non-hydrogen) atoms. The molecule has 0 rings (SSSR count). The molecule has 0 saturated heterocycles. The molecule has 5 unspecified atom stereocenters. The topological polar surface area (TPSA) is 3.24 Å². The van der Waals surface area contributed by atoms with Gasteiger partial charge in [0.1, 0.15) is 0 Å². The number of rotatable bonds is 6. The Kier molecular flexibility index (Phi) is 6.51. The molecule has 92 valence electrons. The summed E-state index contributed by atoms with van der Waals surface area (Å²) in [6.07, 6.45) is 1.30. The van der Waals surface area contributed by atoms with Gasteiger partial charge in [0.2, 0.25) is 0 Å². The van der Waals surface area contributed by atoms with Crippen LogP contribution in [0.4, 0.5) is 0 Å². The van der Waals surface area contributed by atoms with E-state index in [4.69, 9.17) is 0 Å². The van der Waals surface area contributed by atoms with Crippen molar-refractivity contribution in [2.75, 3.05) is 14.1 Å². The van der Waals surface area contributed by atoms with Crippen LogP contribution in [-0.4, -0.2) is 25.0 Å². The van der Waals surface area contributed by atoms with E-state index in [1.807, 2.05) is 0 Å². The lowest BCUT2D eigenvalue weighted by Crippen LogP contribution is -2.37. The highest BCUT2D eigenvalue weighted by Crippen LogP contribution is 2.31. The Hall–Kier alpha value is -0.0400. The summed E-state index contributed by atoms with van der Waals surface area (Å²) in [5.41, 5.74) is 0. The van der Waals surface area contributed by atoms with Gasteiger partial charge in [-0.15, -0.1) is 0 Å². The van der Waals surface area contributed by atoms with E-state index in [1.165, 1.54) is 6.42 Å². The molecule has 0 heterocycles. The lowest BCUT2D eigenvalue weighted by atomic mass is 9.75. The average Bonchev–Trinajstić information content (AvgIpc) is 2.23. The van der Waals surface area contributed by atoms with Gasteiger partial charge in [0.15, 0.2) is 0 Å². The second-order valence-corrected chi connectivity index (χ2v) is 5.67. The smallest absolute Gasteiger partial charge is 0.00891 e. The normalized spacial score (nSPS) is 22.2. The molecule has 0 saturated carbocycles. The second kappa shape index (κ2) is 6.52. The van der Waals surface area contributed by atoms with Crippen LogP contribution in [0, 0.1) is 23.7 Å². The van der Waals surface area contributed by atoms with Crippen LogP contribution in [0.2, 0.25) is 0 Å². The van der Waals surface area contributed by atoms with Crippen molar-refractivity contribution >= 4 is 0 Å². The molecule has 0 radical (unpaired) electrons. The summed E-state index contributed by atoms with van der Waals surface area (Å²) in [6, 6.07) is 0.673. The fraction of sp³-hybridized carbons (Fsp3) is 1.00. The maximum atomic E-state index is 2.42. The van der Waals surface area contributed by atoms with E-state index in [0.29, 0.717) is 6.04 Å². The van der Waals surface area contributed by atoms with Crippen LogP contribution in [-0.2, 0) is 0 Å². The van der Waals surface area contributed by atoms with Crippen LogP contribution in [0.25, 0.3) is 0 Å². The number of hydrogen-bond acceptors (Lipinski definition) is 1. The first-order valence-corrected chi connectivity index (χ1v) is 6.49. The summed E-state index contributed by atoms with van der Waals surface area (Å²) >= 11 is 0. The number of nitrogens with zero attached hydrogens (tertiary/aromatic N) is 1. The minimum absolute atomic E-state index is 0.673. The zero-order chi connectivity index (χ0) is 12.2. The van der Waals surface area contributed by atoms with Gasteiger partial charge < -0.3 is 4.90 Å². The summed E-state index contributed by atoms with van der Waals surface area (Å²) in [5.74, 6) is 3.24. The van der Waals surface area contributed by atoms with Gasteiger partial charge in [-0.05, 0) is 44.7 Å². The first kappa shape index (κ1) is 15.0. The molecule has 0 aliphatic rings. The Morgan fingerprint density at radius 1 is 0.800 bits per heavy atom. The zero-order valence-corrected chi connectivity index (χ0v) is 12.0. The van der Waals surface area contributed by atoms with Crippen molar-refractivity contribution in [2.45, 2.75) is 54.0 Å². The summed E-state index contributed by atoms with van der Waals surface area (Å²) in [7, 11) is 4.36. The second-order valence-electron chi connectivity index (χ2n) is 5.67. The Balaban J connectivity index is 4.36. The minimum atomic E-state index is 0.673. The van der Waals surface area contributed by atoms with E-state index in [1.54, 1.807) is 0 Å². The fourth-order valence-electron chi connectivity index (χ4n) is 2.28. The first-order chi connectivity index (χ1) is 6.82. The maximum absolute atomic E-state index is 2.42. The maximum Gasteiger partial charge on any atom is 0.00891 e. The third-order valence-electron chi connectivity index (χ3n) is 4.78. The van der Waals surface area contributed by atoms with Crippen molar-refractivity contribution < 1.29 is 0 Å². The Labute approximate surface area is 97.2 Å². The molecule has 0 aromatic heterocycles. The largest absolute Gasteiger partial charge is 0.306 e. The van der Waals surface area contributed by atoms with Gasteiger partial charge in [-0.1, -0.05) is 41.0 Å². The molecule has 0 N–H and O–H groups in total. The lowest BCUT2D eigenvalue weighted by Gasteiger charge is -2.36. The van der Waals surface area contributed by atoms with Gasteiger partial charge in [-0.25, -0.2) is 0 Å². The standard InChI is InChI=1S/C14H31N/c1-9-10(2)11(3)12(4)13(5)14(6)15(7)8/h10-14H,9H2,1-8H3. The molecule has 1 heteroatoms. The molecule has 1 nitrogen and oxygen atoms in total. The summed E-state index contributed by atoms with van der Waals surface area (Å²) in [5, 5.41) is 0. The minimum Gasteiger partial charge on any atom is -0.306 e. The van der Waals surface area contributed by atoms with Crippen molar-refractivity contribution in [1.29, 1.82) is 0 Å². The monoisotopic (exact) mass is 213 g/mol. The van der Waals surface area contributed by atoms with Gasteiger partial charge in [-0.3, -0.25) is 0 Å². The molecule has 5 atom stereocenters. The molecule has 0 aromatic carbocycles. The predicted molar refractivity (Wildman–Crippen MR) is 70.1 cm³/mol. The molecular formula is C14H31N. The molecular weight excluding hydrogens is 182 g/mol. The van der Waals surface area contributed by atoms with Crippen LogP contribution < -0.4 is 0 Å². The van der Waals surface area contributed by atoms with Gasteiger partial charge in [-0.2, -0.15) is 0 Å². The highest BCUT2D eigenvalue weighted by atomic mass is 15.1. The molecule has 0 spiro atoms. The summed E-state index contributed by atoms with van der Waals surface area (Å²) in [4.78, 5) is 2.34. The quantitative estimate of drug-likeness (QED) is 0.647. The summed E-state index contributed by atoms with van der Waals surface area (Å²) < 4.78 is 0. The highest BCUT2D eigenvalue weighted by Gasteiger charge is 2.27. The van der Waals surface area contributed by atoms with Crippen LogP contribution in [0.1, 0.15) is 48.0 Å². The Morgan fingerprint density at radius 2 is 1.27 bits per heavy atom. The van der Waals surface area contributed by atoms with Crippen molar-refractivity contribution in [3.8, 4) is 0 Å². The van der Waals surface area contributed by atoms with Crippen LogP contribution in [0.5, 0.6) is 0 Å². The van der Waals surface area contributed by atoms with Crippen molar-refractivity contribution in [1.82, 2.24) is 4.90 Å². The molecule has 0 bridgehead atoms. The van der Waals surface area contributed by atoms with Crippen LogP contribution in [0.3, 0.4) is 0 Å². The summed E-state index contributed by atoms with van der Waals surface area (Å²) in [6.45, 7) is 14.3. The van der Waals surface area contributed by atoms with E-state index in [2.05, 4.69) is 60.5 Å². The van der Waals surface area contributed by atoms with Gasteiger partial charge >= 0.3 is 0 Å². The van der Waals surface area contributed by atoms with Gasteiger partial charge in [0.05, 0.1) is 0 Å². The van der Waals surface area contributed by atoms with Crippen molar-refractivity contribution in [3.63, 3.8) is 0 Å². The van der Waals surface area contributed by atoms with E-state index >= 15 is 0 Å². The van der Waals surface area contributed by atoms with E-state index < -0.39 is 0 Å². The SMILES string of the molecule is CCC(C)C(C)C(C)C(C)C(C)N(C)C. The predicted octanol–water partition coefficient (Wildman–Crippen LogP) is 3.89. The third kappa shape index (κ3) is 4.14. The van der Waals surface area contributed by atoms with Crippen molar-refractivity contribution in [2.24, 2.45) is 23.7 Å². The molecule has 0 fully saturated rings. The van der Waals surface area contributed by atoms with Gasteiger partial charge in [0, 0.05) is 6.04 Å². The fourth-order valence-corrected chi connectivity index (χ4v) is 2.28. The molecule has 0 aromatic rings. The van der Waals surface area contributed by atoms with Gasteiger partial charge in [0.25, 0.3) is 0 Å². The van der Waals surface area contributed by atoms with Crippen LogP contribution in [0.15, 0.2) is 0 Å². The van der Waals surface area contributed by atoms with Crippen LogP contribution >= 0.6 is 0 Å². The molecule has 0 aliphatic heterocycles. The third-order valence-corrected chi connectivity index (χ3v) is 4.78. The molecule has 0 amide bonds. The highest BCUT2D eigenvalue weighted by molar-refractivity contribution is 4.78. The van der Waals surface area contributed by atoms with E-state index in [-0.39, 0.29) is 0 Å². The first-order valence-electron chi connectivity index (χ1n) is 6.49. The lowest BCUT2D eigenvalue weighted by molar-refractivity contribution is 0.132. The average molecular weight is 213 g/mol. The van der Waals surface area contributed by atoms with E-state index in [0.717, 1.165) is 23.7 Å². The molecule has 0 aliphatic carbocycles. The zero-order valence-electron chi connectivity index (χ0n) is 12.0. The Bertz CT molecular complexity index is 165. The van der Waals surface area contributed by atoms with E-state index in [9.17, 15) is 0 Å². The Morgan fingerprint density at radius 3 is 1.60 bits per heavy atom. The number of hydrogen-bond donors (Lipinski definition) is 0. The van der Waals surface area contributed by atoms with Crippen molar-refractivity contribution in [3.05, 3.63) is 0 Å².